The molecule has 0 unspecified atom stereocenters. The van der Waals surface area contributed by atoms with E-state index in [-0.39, 0.29) is 0 Å². The van der Waals surface area contributed by atoms with Gasteiger partial charge in [-0.15, -0.1) is 0 Å². The Balaban J connectivity index is 1.48. The summed E-state index contributed by atoms with van der Waals surface area (Å²) in [7, 11) is 1.65. The van der Waals surface area contributed by atoms with Crippen LogP contribution in [0.15, 0.2) is 46.2 Å². The van der Waals surface area contributed by atoms with Gasteiger partial charge in [0.15, 0.2) is 0 Å². The van der Waals surface area contributed by atoms with Gasteiger partial charge >= 0.3 is 6.09 Å². The third-order valence-corrected chi connectivity index (χ3v) is 11.5. The van der Waals surface area contributed by atoms with Crippen LogP contribution >= 0.6 is 11.8 Å². The topological polar surface area (TPSA) is 53.0 Å². The average molecular weight is 709 g/mol. The summed E-state index contributed by atoms with van der Waals surface area (Å²) in [4.78, 5) is 18.3. The lowest BCUT2D eigenvalue weighted by Crippen LogP contribution is -2.28. The summed E-state index contributed by atoms with van der Waals surface area (Å²) in [6.07, 6.45) is 34.6. The summed E-state index contributed by atoms with van der Waals surface area (Å²) in [5.41, 5.74) is 2.65. The van der Waals surface area contributed by atoms with Crippen LogP contribution in [0.2, 0.25) is 0 Å². The molecule has 0 radical (unpaired) electrons. The maximum Gasteiger partial charge on any atom is 0.416 e. The summed E-state index contributed by atoms with van der Waals surface area (Å²) >= 11 is 1.65. The van der Waals surface area contributed by atoms with Gasteiger partial charge in [-0.3, -0.25) is 0 Å². The zero-order valence-corrected chi connectivity index (χ0v) is 33.1. The Morgan fingerprint density at radius 1 is 0.580 bits per heavy atom. The number of benzene rings is 2. The maximum absolute atomic E-state index is 12.4. The quantitative estimate of drug-likeness (QED) is 0.0819. The van der Waals surface area contributed by atoms with Gasteiger partial charge < -0.3 is 14.7 Å². The number of hydrogen-bond acceptors (Lipinski definition) is 4. The van der Waals surface area contributed by atoms with E-state index in [4.69, 9.17) is 4.74 Å². The molecule has 0 atom stereocenters. The van der Waals surface area contributed by atoms with Crippen molar-refractivity contribution in [2.75, 3.05) is 30.0 Å². The van der Waals surface area contributed by atoms with Crippen molar-refractivity contribution >= 4 is 34.9 Å². The van der Waals surface area contributed by atoms with Crippen molar-refractivity contribution in [1.82, 2.24) is 0 Å². The molecule has 5 nitrogen and oxygen atoms in total. The second-order valence-corrected chi connectivity index (χ2v) is 15.8. The Labute approximate surface area is 311 Å². The van der Waals surface area contributed by atoms with Gasteiger partial charge in [0.25, 0.3) is 0 Å². The van der Waals surface area contributed by atoms with Crippen LogP contribution < -0.4 is 14.5 Å². The molecule has 0 bridgehead atoms. The fourth-order valence-corrected chi connectivity index (χ4v) is 8.44. The molecule has 0 aliphatic carbocycles. The van der Waals surface area contributed by atoms with Crippen molar-refractivity contribution in [3.63, 3.8) is 0 Å². The first kappa shape index (κ1) is 42.1. The Bertz CT molecular complexity index is 1160. The molecule has 50 heavy (non-hydrogen) atoms. The van der Waals surface area contributed by atoms with Crippen molar-refractivity contribution in [2.24, 2.45) is 0 Å². The first-order valence-corrected chi connectivity index (χ1v) is 21.7. The van der Waals surface area contributed by atoms with E-state index in [2.05, 4.69) is 30.9 Å². The van der Waals surface area contributed by atoms with Crippen LogP contribution in [0.3, 0.4) is 0 Å². The normalized spacial score (nSPS) is 12.2. The van der Waals surface area contributed by atoms with Gasteiger partial charge in [-0.25, -0.2) is 9.69 Å². The van der Waals surface area contributed by atoms with E-state index >= 15 is 0 Å². The molecule has 1 N–H and O–H groups in total. The maximum atomic E-state index is 12.4. The summed E-state index contributed by atoms with van der Waals surface area (Å²) in [6.45, 7) is 6.71. The SMILES string of the molecule is CCCCCCCCCCCCCCCN(CCCCCCCCCCCCCCC)c1ccc2c(c1)Sc1cc(OC)ccc1N2C(=O)O. The smallest absolute Gasteiger partial charge is 0.416 e. The molecule has 0 saturated heterocycles. The molecule has 1 amide bonds. The minimum Gasteiger partial charge on any atom is -0.497 e. The third-order valence-electron chi connectivity index (χ3n) is 10.4. The highest BCUT2D eigenvalue weighted by Crippen LogP contribution is 2.50. The molecule has 0 aromatic heterocycles. The molecule has 0 saturated carbocycles. The Hall–Kier alpha value is -2.34. The number of methoxy groups -OCH3 is 1. The van der Waals surface area contributed by atoms with E-state index < -0.39 is 6.09 Å². The molecule has 1 aliphatic rings. The molecule has 282 valence electrons. The van der Waals surface area contributed by atoms with Gasteiger partial charge in [0, 0.05) is 28.6 Å². The van der Waals surface area contributed by atoms with Crippen molar-refractivity contribution < 1.29 is 14.6 Å². The van der Waals surface area contributed by atoms with E-state index in [0.29, 0.717) is 5.69 Å². The van der Waals surface area contributed by atoms with Crippen LogP contribution in [-0.2, 0) is 0 Å². The Morgan fingerprint density at radius 3 is 1.36 bits per heavy atom. The summed E-state index contributed by atoms with van der Waals surface area (Å²) in [6, 6.07) is 12.0. The van der Waals surface area contributed by atoms with Gasteiger partial charge in [0.2, 0.25) is 0 Å². The molecule has 1 heterocycles. The fraction of sp³-hybridized carbons (Fsp3) is 0.705. The van der Waals surface area contributed by atoms with Crippen LogP contribution in [-0.4, -0.2) is 31.4 Å². The third kappa shape index (κ3) is 15.9. The van der Waals surface area contributed by atoms with Crippen LogP contribution in [0.1, 0.15) is 181 Å². The molecular formula is C44H72N2O3S. The predicted molar refractivity (Wildman–Crippen MR) is 217 cm³/mol. The van der Waals surface area contributed by atoms with Crippen LogP contribution in [0.5, 0.6) is 5.75 Å². The first-order valence-electron chi connectivity index (χ1n) is 20.9. The van der Waals surface area contributed by atoms with E-state index in [1.165, 1.54) is 178 Å². The standard InChI is InChI=1S/C44H72N2O3S/c1-4-6-8-10-12-14-16-18-20-22-24-26-28-34-45(35-29-27-25-23-21-19-17-15-13-11-9-7-5-2)38-30-32-40-42(36-38)50-43-37-39(49-3)31-33-41(43)46(40)44(47)48/h30-33,36-37H,4-29,34-35H2,1-3H3,(H,47,48). The van der Waals surface area contributed by atoms with E-state index in [1.54, 1.807) is 18.9 Å². The van der Waals surface area contributed by atoms with Gasteiger partial charge in [-0.1, -0.05) is 180 Å². The van der Waals surface area contributed by atoms with E-state index in [9.17, 15) is 9.90 Å². The number of rotatable bonds is 30. The van der Waals surface area contributed by atoms with E-state index in [1.807, 2.05) is 24.3 Å². The highest BCUT2D eigenvalue weighted by Gasteiger charge is 2.29. The molecular weight excluding hydrogens is 637 g/mol. The van der Waals surface area contributed by atoms with Crippen molar-refractivity contribution in [3.05, 3.63) is 36.4 Å². The molecule has 0 spiro atoms. The van der Waals surface area contributed by atoms with E-state index in [0.717, 1.165) is 34.3 Å². The van der Waals surface area contributed by atoms with Crippen LogP contribution in [0.25, 0.3) is 0 Å². The first-order chi connectivity index (χ1) is 24.6. The van der Waals surface area contributed by atoms with Crippen molar-refractivity contribution in [2.45, 2.75) is 191 Å². The highest BCUT2D eigenvalue weighted by molar-refractivity contribution is 7.99. The summed E-state index contributed by atoms with van der Waals surface area (Å²) in [5, 5.41) is 10.2. The van der Waals surface area contributed by atoms with Crippen LogP contribution in [0.4, 0.5) is 21.9 Å². The second-order valence-electron chi connectivity index (χ2n) is 14.7. The number of amides is 1. The lowest BCUT2D eigenvalue weighted by Gasteiger charge is -2.31. The molecule has 2 aromatic carbocycles. The molecule has 6 heteroatoms. The lowest BCUT2D eigenvalue weighted by atomic mass is 10.0. The number of carbonyl (C=O) groups is 1. The largest absolute Gasteiger partial charge is 0.497 e. The minimum absolute atomic E-state index is 0.694. The molecule has 2 aromatic rings. The van der Waals surface area contributed by atoms with Gasteiger partial charge in [-0.05, 0) is 49.2 Å². The van der Waals surface area contributed by atoms with Gasteiger partial charge in [-0.2, -0.15) is 0 Å². The average Bonchev–Trinajstić information content (AvgIpc) is 3.12. The zero-order chi connectivity index (χ0) is 35.7. The number of ether oxygens (including phenoxy) is 1. The molecule has 3 rings (SSSR count). The van der Waals surface area contributed by atoms with Crippen molar-refractivity contribution in [3.8, 4) is 5.75 Å². The number of fused-ring (bicyclic) bond motifs is 2. The summed E-state index contributed by atoms with van der Waals surface area (Å²) in [5.74, 6) is 0.743. The Kier molecular flexibility index (Phi) is 22.2. The van der Waals surface area contributed by atoms with Crippen LogP contribution in [0, 0.1) is 0 Å². The van der Waals surface area contributed by atoms with Gasteiger partial charge in [0.1, 0.15) is 5.75 Å². The predicted octanol–water partition coefficient (Wildman–Crippen LogP) is 15.0. The Morgan fingerprint density at radius 2 is 0.960 bits per heavy atom. The number of hydrogen-bond donors (Lipinski definition) is 1. The zero-order valence-electron chi connectivity index (χ0n) is 32.3. The lowest BCUT2D eigenvalue weighted by molar-refractivity contribution is 0.204. The fourth-order valence-electron chi connectivity index (χ4n) is 7.32. The highest BCUT2D eigenvalue weighted by atomic mass is 32.2. The monoisotopic (exact) mass is 709 g/mol. The summed E-state index contributed by atoms with van der Waals surface area (Å²) < 4.78 is 5.46. The number of unbranched alkanes of at least 4 members (excludes halogenated alkanes) is 24. The van der Waals surface area contributed by atoms with Gasteiger partial charge in [0.05, 0.1) is 18.5 Å². The molecule has 1 aliphatic heterocycles. The number of carboxylic acid groups (broad SMARTS) is 1. The number of nitrogens with zero attached hydrogens (tertiary/aromatic N) is 2. The van der Waals surface area contributed by atoms with Crippen molar-refractivity contribution in [1.29, 1.82) is 0 Å². The molecule has 0 fully saturated rings. The number of anilines is 3. The minimum atomic E-state index is -0.957. The second kappa shape index (κ2) is 26.4.